The van der Waals surface area contributed by atoms with Crippen LogP contribution in [-0.4, -0.2) is 26.8 Å². The van der Waals surface area contributed by atoms with E-state index in [2.05, 4.69) is 26.8 Å². The fourth-order valence-electron chi connectivity index (χ4n) is 3.06. The molecule has 0 aliphatic carbocycles. The van der Waals surface area contributed by atoms with Gasteiger partial charge in [-0.2, -0.15) is 0 Å². The number of hydrogen-bond acceptors (Lipinski definition) is 2. The number of unbranched alkanes of at least 4 members (excludes halogenated alkanes) is 2. The van der Waals surface area contributed by atoms with E-state index < -0.39 is 13.6 Å². The van der Waals surface area contributed by atoms with E-state index >= 15 is 0 Å². The van der Waals surface area contributed by atoms with Crippen LogP contribution in [0, 0.1) is 0 Å². The van der Waals surface area contributed by atoms with Crippen LogP contribution in [0.1, 0.15) is 59.3 Å². The Morgan fingerprint density at radius 2 is 1.68 bits per heavy atom. The zero-order valence-electron chi connectivity index (χ0n) is 13.1. The van der Waals surface area contributed by atoms with E-state index in [0.29, 0.717) is 4.75 Å². The van der Waals surface area contributed by atoms with Crippen LogP contribution in [0.3, 0.4) is 0 Å². The molecule has 1 aliphatic rings. The van der Waals surface area contributed by atoms with E-state index in [-0.39, 0.29) is 0 Å². The maximum atomic E-state index is 6.55. The van der Waals surface area contributed by atoms with Crippen molar-refractivity contribution < 1.29 is 8.50 Å². The van der Waals surface area contributed by atoms with Gasteiger partial charge in [0.1, 0.15) is 0 Å². The third kappa shape index (κ3) is 5.51. The van der Waals surface area contributed by atoms with E-state index in [9.17, 15) is 0 Å². The van der Waals surface area contributed by atoms with Gasteiger partial charge in [0.05, 0.1) is 0 Å². The summed E-state index contributed by atoms with van der Waals surface area (Å²) in [4.78, 5) is 0. The summed E-state index contributed by atoms with van der Waals surface area (Å²) in [5.41, 5.74) is 0. The predicted molar refractivity (Wildman–Crippen MR) is 84.9 cm³/mol. The number of rotatable bonds is 8. The van der Waals surface area contributed by atoms with Gasteiger partial charge in [0.2, 0.25) is 0 Å². The molecule has 1 aliphatic heterocycles. The van der Waals surface area contributed by atoms with Gasteiger partial charge >= 0.3 is 122 Å². The SMILES string of the molecule is CCC[CH2][Ge]1([CH2]CCC)[O]CCO/C=C\[CH]1CCC. The Hall–Kier alpha value is 0.0429. The standard InChI is InChI=1S/C16H32GeO2/c1-4-7-11-17(12-8-5-2)16(9-6-3)10-13-18-14-15-19-17/h10,13,16H,4-9,11-12,14-15H2,1-3H3/b13-10-. The first-order chi connectivity index (χ1) is 9.29. The molecular formula is C16H32GeO2. The van der Waals surface area contributed by atoms with E-state index in [1.165, 1.54) is 49.0 Å². The van der Waals surface area contributed by atoms with Crippen molar-refractivity contribution in [1.82, 2.24) is 0 Å². The molecule has 3 heteroatoms. The molecule has 2 nitrogen and oxygen atoms in total. The van der Waals surface area contributed by atoms with Crippen molar-refractivity contribution >= 4 is 13.6 Å². The molecule has 0 amide bonds. The summed E-state index contributed by atoms with van der Waals surface area (Å²) in [7, 11) is 0. The van der Waals surface area contributed by atoms with Gasteiger partial charge in [-0.15, -0.1) is 0 Å². The quantitative estimate of drug-likeness (QED) is 0.565. The van der Waals surface area contributed by atoms with Crippen molar-refractivity contribution in [3.8, 4) is 0 Å². The molecule has 0 aromatic heterocycles. The third-order valence-electron chi connectivity index (χ3n) is 4.18. The second kappa shape index (κ2) is 9.87. The molecular weight excluding hydrogens is 297 g/mol. The van der Waals surface area contributed by atoms with Crippen LogP contribution < -0.4 is 0 Å². The number of ether oxygens (including phenoxy) is 1. The summed E-state index contributed by atoms with van der Waals surface area (Å²) < 4.78 is 12.7. The van der Waals surface area contributed by atoms with Crippen molar-refractivity contribution in [3.05, 3.63) is 12.3 Å². The fraction of sp³-hybridized carbons (Fsp3) is 0.875. The van der Waals surface area contributed by atoms with Crippen LogP contribution in [0.15, 0.2) is 12.3 Å². The van der Waals surface area contributed by atoms with Crippen LogP contribution in [0.25, 0.3) is 0 Å². The Bertz CT molecular complexity index is 245. The second-order valence-electron chi connectivity index (χ2n) is 5.71. The molecule has 0 aromatic rings. The normalized spacial score (nSPS) is 24.3. The Balaban J connectivity index is 2.86. The molecule has 1 heterocycles. The Morgan fingerprint density at radius 1 is 1.00 bits per heavy atom. The van der Waals surface area contributed by atoms with Crippen LogP contribution in [0.2, 0.25) is 15.3 Å². The molecule has 0 saturated carbocycles. The summed E-state index contributed by atoms with van der Waals surface area (Å²) in [6.07, 6.45) is 12.1. The third-order valence-corrected chi connectivity index (χ3v) is 14.7. The van der Waals surface area contributed by atoms with Crippen molar-refractivity contribution in [3.63, 3.8) is 0 Å². The monoisotopic (exact) mass is 330 g/mol. The van der Waals surface area contributed by atoms with Crippen molar-refractivity contribution in [1.29, 1.82) is 0 Å². The molecule has 0 fully saturated rings. The Kier molecular flexibility index (Phi) is 8.88. The molecule has 1 atom stereocenters. The van der Waals surface area contributed by atoms with E-state index in [0.717, 1.165) is 13.2 Å². The van der Waals surface area contributed by atoms with Crippen LogP contribution in [0.5, 0.6) is 0 Å². The van der Waals surface area contributed by atoms with Gasteiger partial charge in [0.25, 0.3) is 0 Å². The Morgan fingerprint density at radius 3 is 2.26 bits per heavy atom. The first kappa shape index (κ1) is 17.1. The van der Waals surface area contributed by atoms with Crippen molar-refractivity contribution in [2.75, 3.05) is 13.2 Å². The first-order valence-corrected chi connectivity index (χ1v) is 13.2. The molecule has 0 aromatic carbocycles. The molecule has 112 valence electrons. The summed E-state index contributed by atoms with van der Waals surface area (Å²) in [6.45, 7) is 8.44. The van der Waals surface area contributed by atoms with E-state index in [4.69, 9.17) is 8.50 Å². The van der Waals surface area contributed by atoms with Gasteiger partial charge in [-0.3, -0.25) is 0 Å². The molecule has 0 bridgehead atoms. The van der Waals surface area contributed by atoms with Crippen LogP contribution in [-0.2, 0) is 8.50 Å². The summed E-state index contributed by atoms with van der Waals surface area (Å²) >= 11 is -2.21. The molecule has 1 unspecified atom stereocenters. The minimum absolute atomic E-state index is 0.698. The van der Waals surface area contributed by atoms with Gasteiger partial charge in [0.15, 0.2) is 0 Å². The van der Waals surface area contributed by atoms with Gasteiger partial charge in [0, 0.05) is 0 Å². The van der Waals surface area contributed by atoms with Gasteiger partial charge in [-0.25, -0.2) is 0 Å². The van der Waals surface area contributed by atoms with E-state index in [1.807, 2.05) is 6.26 Å². The summed E-state index contributed by atoms with van der Waals surface area (Å²) in [5, 5.41) is 2.76. The zero-order valence-corrected chi connectivity index (χ0v) is 15.2. The topological polar surface area (TPSA) is 18.5 Å². The van der Waals surface area contributed by atoms with Crippen LogP contribution >= 0.6 is 0 Å². The molecule has 0 spiro atoms. The fourth-order valence-corrected chi connectivity index (χ4v) is 13.8. The minimum atomic E-state index is -2.21. The molecule has 0 radical (unpaired) electrons. The van der Waals surface area contributed by atoms with Crippen LogP contribution in [0.4, 0.5) is 0 Å². The van der Waals surface area contributed by atoms with Gasteiger partial charge in [-0.1, -0.05) is 0 Å². The second-order valence-corrected chi connectivity index (χ2v) is 14.4. The van der Waals surface area contributed by atoms with Gasteiger partial charge in [-0.05, 0) is 0 Å². The van der Waals surface area contributed by atoms with Crippen molar-refractivity contribution in [2.24, 2.45) is 0 Å². The summed E-state index contributed by atoms with van der Waals surface area (Å²) in [6, 6.07) is 0. The summed E-state index contributed by atoms with van der Waals surface area (Å²) in [5.74, 6) is 0. The Labute approximate surface area is 122 Å². The van der Waals surface area contributed by atoms with E-state index in [1.54, 1.807) is 0 Å². The first-order valence-electron chi connectivity index (χ1n) is 8.21. The number of hydrogen-bond donors (Lipinski definition) is 0. The average Bonchev–Trinajstić information content (AvgIpc) is 2.41. The zero-order chi connectivity index (χ0) is 14.0. The average molecular weight is 329 g/mol. The molecule has 0 N–H and O–H groups in total. The van der Waals surface area contributed by atoms with Gasteiger partial charge < -0.3 is 0 Å². The molecule has 1 rings (SSSR count). The van der Waals surface area contributed by atoms with Crippen molar-refractivity contribution in [2.45, 2.75) is 74.6 Å². The molecule has 19 heavy (non-hydrogen) atoms. The predicted octanol–water partition coefficient (Wildman–Crippen LogP) is 5.26. The maximum absolute atomic E-state index is 6.55. The number of allylic oxidation sites excluding steroid dienone is 1. The molecule has 0 saturated heterocycles.